The van der Waals surface area contributed by atoms with Crippen molar-refractivity contribution < 1.29 is 22.8 Å². The molecule has 2 aromatic rings. The van der Waals surface area contributed by atoms with Crippen LogP contribution in [0.1, 0.15) is 65.2 Å². The average molecular weight is 488 g/mol. The van der Waals surface area contributed by atoms with Gasteiger partial charge in [0.2, 0.25) is 5.91 Å². The van der Waals surface area contributed by atoms with E-state index >= 15 is 0 Å². The lowest BCUT2D eigenvalue weighted by Gasteiger charge is -2.47. The van der Waals surface area contributed by atoms with E-state index in [0.717, 1.165) is 28.8 Å². The van der Waals surface area contributed by atoms with Crippen molar-refractivity contribution >= 4 is 11.9 Å². The number of fused-ring (bicyclic) bond motifs is 1. The minimum atomic E-state index is -4.46. The highest BCUT2D eigenvalue weighted by Crippen LogP contribution is 2.40. The Kier molecular flexibility index (Phi) is 6.60. The van der Waals surface area contributed by atoms with E-state index in [1.807, 2.05) is 30.9 Å². The number of carbonyl (C=O) groups is 2. The lowest BCUT2D eigenvalue weighted by Crippen LogP contribution is -2.57. The lowest BCUT2D eigenvalue weighted by atomic mass is 9.90. The van der Waals surface area contributed by atoms with Crippen LogP contribution in [0.15, 0.2) is 36.4 Å². The van der Waals surface area contributed by atoms with Crippen molar-refractivity contribution in [3.05, 3.63) is 69.8 Å². The Hall–Kier alpha value is -3.03. The smallest absolute Gasteiger partial charge is 0.335 e. The topological polar surface area (TPSA) is 43.9 Å². The van der Waals surface area contributed by atoms with Gasteiger partial charge in [0.1, 0.15) is 0 Å². The molecule has 0 radical (unpaired) electrons. The zero-order valence-electron chi connectivity index (χ0n) is 20.8. The van der Waals surface area contributed by atoms with Gasteiger partial charge in [-0.1, -0.05) is 35.4 Å². The van der Waals surface area contributed by atoms with Crippen LogP contribution in [0.3, 0.4) is 0 Å². The molecule has 8 heteroatoms. The fraction of sp³-hybridized carbons (Fsp3) is 0.481. The van der Waals surface area contributed by atoms with Crippen LogP contribution in [0, 0.1) is 20.8 Å². The summed E-state index contributed by atoms with van der Waals surface area (Å²) < 4.78 is 40.2. The van der Waals surface area contributed by atoms with Crippen molar-refractivity contribution in [3.8, 4) is 0 Å². The van der Waals surface area contributed by atoms with Gasteiger partial charge in [0.25, 0.3) is 0 Å². The second-order valence-electron chi connectivity index (χ2n) is 9.89. The van der Waals surface area contributed by atoms with E-state index in [9.17, 15) is 22.8 Å². The Morgan fingerprint density at radius 3 is 2.43 bits per heavy atom. The van der Waals surface area contributed by atoms with Gasteiger partial charge in [-0.15, -0.1) is 0 Å². The van der Waals surface area contributed by atoms with Crippen LogP contribution in [0.25, 0.3) is 0 Å². The Morgan fingerprint density at radius 1 is 1.06 bits per heavy atom. The van der Waals surface area contributed by atoms with E-state index in [2.05, 4.69) is 6.07 Å². The second kappa shape index (κ2) is 9.21. The first kappa shape index (κ1) is 25.1. The molecule has 0 saturated carbocycles. The highest BCUT2D eigenvalue weighted by molar-refractivity contribution is 5.81. The maximum Gasteiger partial charge on any atom is 0.416 e. The summed E-state index contributed by atoms with van der Waals surface area (Å²) in [5.74, 6) is 0.109. The van der Waals surface area contributed by atoms with Crippen LogP contribution in [0.5, 0.6) is 0 Å². The van der Waals surface area contributed by atoms with E-state index in [0.29, 0.717) is 37.1 Å². The molecule has 2 aliphatic rings. The predicted octanol–water partition coefficient (Wildman–Crippen LogP) is 5.79. The molecule has 3 atom stereocenters. The summed E-state index contributed by atoms with van der Waals surface area (Å²) in [6.07, 6.45) is -3.32. The standard InChI is InChI=1S/C27H32F3N3O2/c1-16-6-7-22(18(3)12-16)25-23-8-9-24(34)32(23)10-11-33(25)26(35)31(5)19(4)20-13-17(2)14-21(15-20)27(28,29)30/h6-7,12-15,19,23,25H,8-11H2,1-5H3/t19-,23+,25+/m1/s1. The normalized spacial score (nSPS) is 21.2. The number of carbonyl (C=O) groups excluding carboxylic acids is 2. The van der Waals surface area contributed by atoms with Crippen molar-refractivity contribution in [2.75, 3.05) is 20.1 Å². The first-order valence-corrected chi connectivity index (χ1v) is 12.0. The summed E-state index contributed by atoms with van der Waals surface area (Å²) in [6.45, 7) is 8.23. The summed E-state index contributed by atoms with van der Waals surface area (Å²) in [7, 11) is 1.63. The van der Waals surface area contributed by atoms with Crippen molar-refractivity contribution in [2.45, 2.75) is 64.8 Å². The number of rotatable bonds is 3. The molecule has 2 saturated heterocycles. The minimum Gasteiger partial charge on any atom is -0.335 e. The summed E-state index contributed by atoms with van der Waals surface area (Å²) in [5, 5.41) is 0. The van der Waals surface area contributed by atoms with Gasteiger partial charge in [-0.25, -0.2) is 4.79 Å². The molecule has 0 spiro atoms. The molecule has 4 rings (SSSR count). The van der Waals surface area contributed by atoms with Crippen molar-refractivity contribution in [1.82, 2.24) is 14.7 Å². The van der Waals surface area contributed by atoms with Gasteiger partial charge in [0.15, 0.2) is 0 Å². The molecule has 5 nitrogen and oxygen atoms in total. The van der Waals surface area contributed by atoms with Crippen molar-refractivity contribution in [2.24, 2.45) is 0 Å². The maximum atomic E-state index is 13.8. The molecule has 0 aromatic heterocycles. The zero-order chi connectivity index (χ0) is 25.7. The SMILES string of the molecule is Cc1cc([C@@H](C)N(C)C(=O)N2CCN3C(=O)CC[C@H]3[C@@H]2c2ccc(C)cc2C)cc(C(F)(F)F)c1. The number of aryl methyl sites for hydroxylation is 3. The predicted molar refractivity (Wildman–Crippen MR) is 128 cm³/mol. The van der Waals surface area contributed by atoms with E-state index in [4.69, 9.17) is 0 Å². The molecule has 35 heavy (non-hydrogen) atoms. The molecule has 3 amide bonds. The maximum absolute atomic E-state index is 13.8. The molecule has 0 unspecified atom stereocenters. The Morgan fingerprint density at radius 2 is 1.77 bits per heavy atom. The Labute approximate surface area is 204 Å². The number of alkyl halides is 3. The highest BCUT2D eigenvalue weighted by Gasteiger charge is 2.46. The lowest BCUT2D eigenvalue weighted by molar-refractivity contribution is -0.137. The van der Waals surface area contributed by atoms with Gasteiger partial charge in [-0.05, 0) is 62.9 Å². The third-order valence-electron chi connectivity index (χ3n) is 7.44. The molecule has 0 aliphatic carbocycles. The first-order chi connectivity index (χ1) is 16.4. The molecular weight excluding hydrogens is 455 g/mol. The van der Waals surface area contributed by atoms with E-state index in [-0.39, 0.29) is 24.0 Å². The van der Waals surface area contributed by atoms with Crippen LogP contribution in [-0.4, -0.2) is 52.8 Å². The second-order valence-corrected chi connectivity index (χ2v) is 9.89. The molecule has 0 bridgehead atoms. The summed E-state index contributed by atoms with van der Waals surface area (Å²) in [5.41, 5.74) is 3.39. The number of amides is 3. The Bertz CT molecular complexity index is 1150. The molecule has 2 aromatic carbocycles. The van der Waals surface area contributed by atoms with E-state index < -0.39 is 17.8 Å². The van der Waals surface area contributed by atoms with Crippen LogP contribution in [-0.2, 0) is 11.0 Å². The van der Waals surface area contributed by atoms with Gasteiger partial charge < -0.3 is 14.7 Å². The number of halogens is 3. The van der Waals surface area contributed by atoms with Crippen molar-refractivity contribution in [3.63, 3.8) is 0 Å². The molecule has 2 heterocycles. The van der Waals surface area contributed by atoms with Gasteiger partial charge in [-0.3, -0.25) is 4.79 Å². The van der Waals surface area contributed by atoms with Gasteiger partial charge in [-0.2, -0.15) is 13.2 Å². The van der Waals surface area contributed by atoms with Crippen LogP contribution in [0.4, 0.5) is 18.0 Å². The summed E-state index contributed by atoms with van der Waals surface area (Å²) >= 11 is 0. The monoisotopic (exact) mass is 487 g/mol. The average Bonchev–Trinajstić information content (AvgIpc) is 3.17. The molecule has 188 valence electrons. The quantitative estimate of drug-likeness (QED) is 0.550. The van der Waals surface area contributed by atoms with Gasteiger partial charge in [0.05, 0.1) is 23.7 Å². The third kappa shape index (κ3) is 4.75. The molecule has 0 N–H and O–H groups in total. The number of nitrogens with zero attached hydrogens (tertiary/aromatic N) is 3. The Balaban J connectivity index is 1.67. The van der Waals surface area contributed by atoms with Crippen LogP contribution in [0.2, 0.25) is 0 Å². The first-order valence-electron chi connectivity index (χ1n) is 12.0. The summed E-state index contributed by atoms with van der Waals surface area (Å²) in [6, 6.07) is 8.82. The highest BCUT2D eigenvalue weighted by atomic mass is 19.4. The summed E-state index contributed by atoms with van der Waals surface area (Å²) in [4.78, 5) is 31.5. The minimum absolute atomic E-state index is 0.109. The van der Waals surface area contributed by atoms with Gasteiger partial charge in [0, 0.05) is 26.6 Å². The van der Waals surface area contributed by atoms with Gasteiger partial charge >= 0.3 is 12.2 Å². The van der Waals surface area contributed by atoms with E-state index in [1.54, 1.807) is 31.9 Å². The zero-order valence-corrected chi connectivity index (χ0v) is 20.8. The molecule has 2 fully saturated rings. The number of hydrogen-bond acceptors (Lipinski definition) is 2. The van der Waals surface area contributed by atoms with E-state index in [1.165, 1.54) is 4.90 Å². The third-order valence-corrected chi connectivity index (χ3v) is 7.44. The van der Waals surface area contributed by atoms with Crippen LogP contribution >= 0.6 is 0 Å². The molecular formula is C27H32F3N3O2. The number of hydrogen-bond donors (Lipinski definition) is 0. The number of urea groups is 1. The fourth-order valence-corrected chi connectivity index (χ4v) is 5.49. The molecule has 2 aliphatic heterocycles. The number of piperazine rings is 1. The van der Waals surface area contributed by atoms with Crippen LogP contribution < -0.4 is 0 Å². The number of benzene rings is 2. The van der Waals surface area contributed by atoms with Crippen molar-refractivity contribution in [1.29, 1.82) is 0 Å². The fourth-order valence-electron chi connectivity index (χ4n) is 5.49. The largest absolute Gasteiger partial charge is 0.416 e.